The molecule has 0 aromatic rings. The number of halogens is 1. The van der Waals surface area contributed by atoms with Crippen LogP contribution in [0, 0.1) is 0 Å². The summed E-state index contributed by atoms with van der Waals surface area (Å²) < 4.78 is 1.07. The predicted octanol–water partition coefficient (Wildman–Crippen LogP) is 0.389. The number of hydrogen-bond acceptors (Lipinski definition) is 0. The molecule has 0 aliphatic rings. The summed E-state index contributed by atoms with van der Waals surface area (Å²) in [5.41, 5.74) is 0. The fraction of sp³-hybridized carbons (Fsp3) is 0.692. The third-order valence-electron chi connectivity index (χ3n) is 2.69. The Morgan fingerprint density at radius 3 is 1.93 bits per heavy atom. The van der Waals surface area contributed by atoms with Gasteiger partial charge in [-0.1, -0.05) is 32.9 Å². The number of quaternary nitrogens is 1. The molecule has 0 saturated heterocycles. The Morgan fingerprint density at radius 2 is 1.53 bits per heavy atom. The van der Waals surface area contributed by atoms with Crippen LogP contribution >= 0.6 is 0 Å². The van der Waals surface area contributed by atoms with E-state index in [2.05, 4.69) is 27.1 Å². The zero-order valence-electron chi connectivity index (χ0n) is 10.3. The van der Waals surface area contributed by atoms with Crippen LogP contribution in [0.3, 0.4) is 0 Å². The normalized spacial score (nSPS) is 10.5. The van der Waals surface area contributed by atoms with E-state index in [-0.39, 0.29) is 24.0 Å². The van der Waals surface area contributed by atoms with Gasteiger partial charge in [0.25, 0.3) is 0 Å². The first kappa shape index (κ1) is 17.6. The molecule has 1 nitrogen and oxygen atoms in total. The van der Waals surface area contributed by atoms with E-state index >= 15 is 0 Å². The smallest absolute Gasteiger partial charge is 0.0971 e. The van der Waals surface area contributed by atoms with Gasteiger partial charge in [-0.2, -0.15) is 0 Å². The zero-order chi connectivity index (χ0) is 10.9. The number of rotatable bonds is 9. The molecule has 2 heteroatoms. The third-order valence-corrected chi connectivity index (χ3v) is 2.69. The second-order valence-corrected chi connectivity index (χ2v) is 4.35. The molecule has 0 heterocycles. The van der Waals surface area contributed by atoms with E-state index in [0.717, 1.165) is 17.6 Å². The van der Waals surface area contributed by atoms with E-state index in [1.54, 1.807) is 0 Å². The summed E-state index contributed by atoms with van der Waals surface area (Å²) in [7, 11) is 2.29. The van der Waals surface area contributed by atoms with Crippen LogP contribution in [-0.2, 0) is 0 Å². The second-order valence-electron chi connectivity index (χ2n) is 4.35. The van der Waals surface area contributed by atoms with Crippen molar-refractivity contribution in [1.29, 1.82) is 0 Å². The van der Waals surface area contributed by atoms with Gasteiger partial charge in [0.15, 0.2) is 0 Å². The molecule has 0 radical (unpaired) electrons. The highest BCUT2D eigenvalue weighted by Gasteiger charge is 2.16. The lowest BCUT2D eigenvalue weighted by Gasteiger charge is -2.32. The van der Waals surface area contributed by atoms with Gasteiger partial charge in [0.05, 0.1) is 26.7 Å². The molecule has 0 aromatic heterocycles. The fourth-order valence-electron chi connectivity index (χ4n) is 1.80. The maximum Gasteiger partial charge on any atom is 0.0971 e. The minimum atomic E-state index is 0. The first-order chi connectivity index (χ1) is 6.68. The predicted molar refractivity (Wildman–Crippen MR) is 65.3 cm³/mol. The van der Waals surface area contributed by atoms with Gasteiger partial charge in [-0.25, -0.2) is 0 Å². The van der Waals surface area contributed by atoms with Crippen LogP contribution < -0.4 is 24.0 Å². The van der Waals surface area contributed by atoms with Gasteiger partial charge >= 0.3 is 0 Å². The molecule has 0 spiro atoms. The second kappa shape index (κ2) is 10.7. The Balaban J connectivity index is 0. The van der Waals surface area contributed by atoms with Crippen molar-refractivity contribution < 1.29 is 28.5 Å². The zero-order valence-corrected chi connectivity index (χ0v) is 12.5. The number of hydrogen-bond donors (Lipinski definition) is 0. The van der Waals surface area contributed by atoms with Crippen molar-refractivity contribution >= 4 is 0 Å². The number of likely N-dealkylation sites (N-methyl/N-ethyl adjacent to an activating group) is 1. The highest BCUT2D eigenvalue weighted by Crippen LogP contribution is 2.08. The van der Waals surface area contributed by atoms with Crippen molar-refractivity contribution in [2.24, 2.45) is 0 Å². The Labute approximate surface area is 113 Å². The first-order valence-corrected chi connectivity index (χ1v) is 5.74. The molecular formula is C13H26IN. The SMILES string of the molecule is C=CC[N+](C)(CC=C)CCCCCC.[I-]. The van der Waals surface area contributed by atoms with E-state index < -0.39 is 0 Å². The Kier molecular flexibility index (Phi) is 12.5. The number of nitrogens with zero attached hydrogens (tertiary/aromatic N) is 1. The summed E-state index contributed by atoms with van der Waals surface area (Å²) in [6.07, 6.45) is 9.39. The molecule has 0 rings (SSSR count). The van der Waals surface area contributed by atoms with Gasteiger partial charge < -0.3 is 28.5 Å². The van der Waals surface area contributed by atoms with Crippen molar-refractivity contribution in [3.63, 3.8) is 0 Å². The Morgan fingerprint density at radius 1 is 1.00 bits per heavy atom. The molecule has 0 fully saturated rings. The minimum Gasteiger partial charge on any atom is -1.00 e. The standard InChI is InChI=1S/C13H26N.HI/c1-5-8-9-10-13-14(4,11-6-2)12-7-3;/h6-7H,2-3,5,8-13H2,1,4H3;1H/q+1;/p-1. The number of unbranched alkanes of at least 4 members (excludes halogenated alkanes) is 3. The summed E-state index contributed by atoms with van der Waals surface area (Å²) in [5, 5.41) is 0. The maximum atomic E-state index is 3.82. The average Bonchev–Trinajstić information content (AvgIpc) is 2.13. The Hall–Kier alpha value is 0.170. The van der Waals surface area contributed by atoms with Gasteiger partial charge in [-0.15, -0.1) is 0 Å². The lowest BCUT2D eigenvalue weighted by molar-refractivity contribution is -0.898. The fourth-order valence-corrected chi connectivity index (χ4v) is 1.80. The molecule has 90 valence electrons. The van der Waals surface area contributed by atoms with Crippen LogP contribution in [0.1, 0.15) is 32.6 Å². The van der Waals surface area contributed by atoms with E-state index in [1.807, 2.05) is 12.2 Å². The van der Waals surface area contributed by atoms with Gasteiger partial charge in [0, 0.05) is 0 Å². The van der Waals surface area contributed by atoms with Crippen LogP contribution in [0.25, 0.3) is 0 Å². The summed E-state index contributed by atoms with van der Waals surface area (Å²) in [6.45, 7) is 13.3. The molecule has 0 unspecified atom stereocenters. The topological polar surface area (TPSA) is 0 Å². The average molecular weight is 323 g/mol. The van der Waals surface area contributed by atoms with Crippen molar-refractivity contribution in [1.82, 2.24) is 0 Å². The molecule has 15 heavy (non-hydrogen) atoms. The van der Waals surface area contributed by atoms with E-state index in [0.29, 0.717) is 0 Å². The summed E-state index contributed by atoms with van der Waals surface area (Å²) >= 11 is 0. The highest BCUT2D eigenvalue weighted by atomic mass is 127. The molecule has 0 atom stereocenters. The molecule has 0 aliphatic heterocycles. The molecular weight excluding hydrogens is 297 g/mol. The van der Waals surface area contributed by atoms with Gasteiger partial charge in [-0.05, 0) is 25.0 Å². The van der Waals surface area contributed by atoms with Gasteiger partial charge in [0.1, 0.15) is 0 Å². The molecule has 0 aromatic carbocycles. The summed E-state index contributed by atoms with van der Waals surface area (Å²) in [4.78, 5) is 0. The molecule has 0 amide bonds. The Bertz CT molecular complexity index is 156. The maximum absolute atomic E-state index is 3.82. The van der Waals surface area contributed by atoms with Crippen molar-refractivity contribution in [3.05, 3.63) is 25.3 Å². The van der Waals surface area contributed by atoms with Crippen LogP contribution in [0.15, 0.2) is 25.3 Å². The highest BCUT2D eigenvalue weighted by molar-refractivity contribution is 4.70. The molecule has 0 aliphatic carbocycles. The minimum absolute atomic E-state index is 0. The van der Waals surface area contributed by atoms with Crippen molar-refractivity contribution in [2.45, 2.75) is 32.6 Å². The summed E-state index contributed by atoms with van der Waals surface area (Å²) in [5.74, 6) is 0. The van der Waals surface area contributed by atoms with Crippen LogP contribution in [0.2, 0.25) is 0 Å². The van der Waals surface area contributed by atoms with Crippen LogP contribution in [0.5, 0.6) is 0 Å². The third kappa shape index (κ3) is 9.12. The monoisotopic (exact) mass is 323 g/mol. The molecule has 0 N–H and O–H groups in total. The van der Waals surface area contributed by atoms with Gasteiger partial charge in [-0.3, -0.25) is 0 Å². The summed E-state index contributed by atoms with van der Waals surface area (Å²) in [6, 6.07) is 0. The van der Waals surface area contributed by atoms with Crippen LogP contribution in [0.4, 0.5) is 0 Å². The van der Waals surface area contributed by atoms with E-state index in [9.17, 15) is 0 Å². The van der Waals surface area contributed by atoms with Crippen molar-refractivity contribution in [3.8, 4) is 0 Å². The lowest BCUT2D eigenvalue weighted by atomic mass is 10.2. The molecule has 0 saturated carbocycles. The van der Waals surface area contributed by atoms with E-state index in [1.165, 1.54) is 32.2 Å². The van der Waals surface area contributed by atoms with Gasteiger partial charge in [0.2, 0.25) is 0 Å². The largest absolute Gasteiger partial charge is 1.00 e. The quantitative estimate of drug-likeness (QED) is 0.249. The van der Waals surface area contributed by atoms with Crippen LogP contribution in [-0.4, -0.2) is 31.2 Å². The first-order valence-electron chi connectivity index (χ1n) is 5.74. The van der Waals surface area contributed by atoms with Crippen molar-refractivity contribution in [2.75, 3.05) is 26.7 Å². The lowest BCUT2D eigenvalue weighted by Crippen LogP contribution is -3.00. The molecule has 0 bridgehead atoms. The van der Waals surface area contributed by atoms with E-state index in [4.69, 9.17) is 0 Å².